The molecule has 1 aliphatic rings. The first-order valence-corrected chi connectivity index (χ1v) is 10.4. The molecule has 130 valence electrons. The van der Waals surface area contributed by atoms with E-state index < -0.39 is 0 Å². The standard InChI is InChI=1S/C20H21NO2S2/c1-2-23-18-9-6-15(7-10-18)8-11-19(22)21-17-5-3-4-16(14-17)20-24-12-13-25-20/h3-11,14,20H,2,12-13H2,1H3,(H,21,22)/b11-8+. The van der Waals surface area contributed by atoms with E-state index in [-0.39, 0.29) is 5.91 Å². The van der Waals surface area contributed by atoms with Crippen molar-refractivity contribution in [2.24, 2.45) is 0 Å². The lowest BCUT2D eigenvalue weighted by Gasteiger charge is -2.10. The number of hydrogen-bond donors (Lipinski definition) is 1. The van der Waals surface area contributed by atoms with Gasteiger partial charge < -0.3 is 10.1 Å². The Morgan fingerprint density at radius 1 is 1.20 bits per heavy atom. The van der Waals surface area contributed by atoms with Crippen LogP contribution in [0.4, 0.5) is 5.69 Å². The number of anilines is 1. The Bertz CT molecular complexity index is 738. The summed E-state index contributed by atoms with van der Waals surface area (Å²) in [6, 6.07) is 15.8. The number of ether oxygens (including phenoxy) is 1. The molecule has 0 aromatic heterocycles. The van der Waals surface area contributed by atoms with Crippen LogP contribution in [-0.2, 0) is 4.79 Å². The molecular formula is C20H21NO2S2. The van der Waals surface area contributed by atoms with Gasteiger partial charge in [-0.2, -0.15) is 0 Å². The SMILES string of the molecule is CCOc1ccc(/C=C/C(=O)Nc2cccc(C3SCCS3)c2)cc1. The minimum atomic E-state index is -0.127. The van der Waals surface area contributed by atoms with Gasteiger partial charge in [0, 0.05) is 23.3 Å². The van der Waals surface area contributed by atoms with Gasteiger partial charge in [0.05, 0.1) is 11.2 Å². The Hall–Kier alpha value is -1.85. The van der Waals surface area contributed by atoms with E-state index in [0.717, 1.165) is 17.0 Å². The molecule has 2 aromatic rings. The Labute approximate surface area is 157 Å². The molecule has 0 bridgehead atoms. The summed E-state index contributed by atoms with van der Waals surface area (Å²) in [4.78, 5) is 12.2. The smallest absolute Gasteiger partial charge is 0.248 e. The van der Waals surface area contributed by atoms with Crippen LogP contribution in [0.25, 0.3) is 6.08 Å². The summed E-state index contributed by atoms with van der Waals surface area (Å²) in [6.45, 7) is 2.60. The molecule has 1 aliphatic heterocycles. The maximum absolute atomic E-state index is 12.2. The van der Waals surface area contributed by atoms with Crippen LogP contribution in [0.2, 0.25) is 0 Å². The van der Waals surface area contributed by atoms with E-state index in [4.69, 9.17) is 4.74 Å². The van der Waals surface area contributed by atoms with Gasteiger partial charge in [0.15, 0.2) is 0 Å². The van der Waals surface area contributed by atoms with Crippen LogP contribution >= 0.6 is 23.5 Å². The Morgan fingerprint density at radius 2 is 1.96 bits per heavy atom. The first-order chi connectivity index (χ1) is 12.2. The van der Waals surface area contributed by atoms with Crippen molar-refractivity contribution in [3.8, 4) is 5.75 Å². The monoisotopic (exact) mass is 371 g/mol. The van der Waals surface area contributed by atoms with Crippen LogP contribution in [0.5, 0.6) is 5.75 Å². The third-order valence-electron chi connectivity index (χ3n) is 3.67. The molecule has 0 unspecified atom stereocenters. The molecule has 1 heterocycles. The maximum atomic E-state index is 12.2. The fourth-order valence-electron chi connectivity index (χ4n) is 2.51. The van der Waals surface area contributed by atoms with Crippen LogP contribution < -0.4 is 10.1 Å². The average molecular weight is 372 g/mol. The summed E-state index contributed by atoms with van der Waals surface area (Å²) in [6.07, 6.45) is 3.36. The second-order valence-electron chi connectivity index (χ2n) is 5.52. The zero-order chi connectivity index (χ0) is 17.5. The van der Waals surface area contributed by atoms with E-state index in [2.05, 4.69) is 17.4 Å². The highest BCUT2D eigenvalue weighted by Crippen LogP contribution is 2.45. The van der Waals surface area contributed by atoms with Gasteiger partial charge in [0.25, 0.3) is 0 Å². The first kappa shape index (κ1) is 18.0. The van der Waals surface area contributed by atoms with Crippen molar-refractivity contribution in [2.45, 2.75) is 11.5 Å². The van der Waals surface area contributed by atoms with Crippen molar-refractivity contribution in [3.05, 3.63) is 65.7 Å². The van der Waals surface area contributed by atoms with Crippen LogP contribution in [0.15, 0.2) is 54.6 Å². The molecule has 2 aromatic carbocycles. The highest BCUT2D eigenvalue weighted by atomic mass is 32.2. The Kier molecular flexibility index (Phi) is 6.48. The fraction of sp³-hybridized carbons (Fsp3) is 0.250. The second kappa shape index (κ2) is 9.02. The summed E-state index contributed by atoms with van der Waals surface area (Å²) in [5.74, 6) is 3.09. The van der Waals surface area contributed by atoms with E-state index in [1.807, 2.05) is 66.8 Å². The van der Waals surface area contributed by atoms with Crippen molar-refractivity contribution < 1.29 is 9.53 Å². The fourth-order valence-corrected chi connectivity index (χ4v) is 5.35. The number of amides is 1. The number of thioether (sulfide) groups is 2. The number of carbonyl (C=O) groups excluding carboxylic acids is 1. The van der Waals surface area contributed by atoms with Gasteiger partial charge in [-0.15, -0.1) is 23.5 Å². The lowest BCUT2D eigenvalue weighted by atomic mass is 10.2. The van der Waals surface area contributed by atoms with Crippen molar-refractivity contribution in [3.63, 3.8) is 0 Å². The molecule has 1 amide bonds. The van der Waals surface area contributed by atoms with Crippen LogP contribution in [-0.4, -0.2) is 24.0 Å². The van der Waals surface area contributed by atoms with Crippen molar-refractivity contribution >= 4 is 41.2 Å². The zero-order valence-electron chi connectivity index (χ0n) is 14.1. The summed E-state index contributed by atoms with van der Waals surface area (Å²) in [5, 5.41) is 2.94. The Balaban J connectivity index is 1.59. The molecule has 3 nitrogen and oxygen atoms in total. The molecule has 0 aliphatic carbocycles. The second-order valence-corrected chi connectivity index (χ2v) is 8.25. The van der Waals surface area contributed by atoms with E-state index in [0.29, 0.717) is 11.2 Å². The largest absolute Gasteiger partial charge is 0.494 e. The third kappa shape index (κ3) is 5.31. The van der Waals surface area contributed by atoms with Gasteiger partial charge in [-0.25, -0.2) is 0 Å². The molecule has 5 heteroatoms. The van der Waals surface area contributed by atoms with Crippen LogP contribution in [0, 0.1) is 0 Å². The zero-order valence-corrected chi connectivity index (χ0v) is 15.7. The van der Waals surface area contributed by atoms with Gasteiger partial charge in [-0.3, -0.25) is 4.79 Å². The van der Waals surface area contributed by atoms with E-state index in [1.54, 1.807) is 12.2 Å². The number of hydrogen-bond acceptors (Lipinski definition) is 4. The topological polar surface area (TPSA) is 38.3 Å². The van der Waals surface area contributed by atoms with Crippen LogP contribution in [0.1, 0.15) is 22.6 Å². The lowest BCUT2D eigenvalue weighted by molar-refractivity contribution is -0.111. The van der Waals surface area contributed by atoms with Gasteiger partial charge in [-0.05, 0) is 48.4 Å². The highest BCUT2D eigenvalue weighted by molar-refractivity contribution is 8.19. The quantitative estimate of drug-likeness (QED) is 0.707. The summed E-state index contributed by atoms with van der Waals surface area (Å²) in [5.41, 5.74) is 3.07. The normalized spacial score (nSPS) is 14.8. The highest BCUT2D eigenvalue weighted by Gasteiger charge is 2.18. The molecular weight excluding hydrogens is 350 g/mol. The Morgan fingerprint density at radius 3 is 2.68 bits per heavy atom. The molecule has 25 heavy (non-hydrogen) atoms. The number of nitrogens with one attached hydrogen (secondary N) is 1. The average Bonchev–Trinajstić information content (AvgIpc) is 3.16. The predicted molar refractivity (Wildman–Crippen MR) is 109 cm³/mol. The van der Waals surface area contributed by atoms with E-state index in [1.165, 1.54) is 17.1 Å². The van der Waals surface area contributed by atoms with Crippen molar-refractivity contribution in [1.29, 1.82) is 0 Å². The van der Waals surface area contributed by atoms with Gasteiger partial charge in [0.1, 0.15) is 5.75 Å². The predicted octanol–water partition coefficient (Wildman–Crippen LogP) is 5.22. The maximum Gasteiger partial charge on any atom is 0.248 e. The first-order valence-electron chi connectivity index (χ1n) is 8.29. The van der Waals surface area contributed by atoms with Gasteiger partial charge >= 0.3 is 0 Å². The van der Waals surface area contributed by atoms with Gasteiger partial charge in [0.2, 0.25) is 5.91 Å². The van der Waals surface area contributed by atoms with E-state index >= 15 is 0 Å². The minimum absolute atomic E-state index is 0.127. The van der Waals surface area contributed by atoms with Gasteiger partial charge in [-0.1, -0.05) is 24.3 Å². The summed E-state index contributed by atoms with van der Waals surface area (Å²) < 4.78 is 5.89. The molecule has 0 radical (unpaired) electrons. The number of carbonyl (C=O) groups is 1. The summed E-state index contributed by atoms with van der Waals surface area (Å²) >= 11 is 3.92. The van der Waals surface area contributed by atoms with E-state index in [9.17, 15) is 4.79 Å². The molecule has 1 saturated heterocycles. The number of rotatable bonds is 6. The molecule has 1 N–H and O–H groups in total. The number of benzene rings is 2. The molecule has 1 fully saturated rings. The van der Waals surface area contributed by atoms with Crippen molar-refractivity contribution in [1.82, 2.24) is 0 Å². The molecule has 3 rings (SSSR count). The molecule has 0 saturated carbocycles. The molecule has 0 atom stereocenters. The van der Waals surface area contributed by atoms with Crippen LogP contribution in [0.3, 0.4) is 0 Å². The third-order valence-corrected chi connectivity index (χ3v) is 6.77. The minimum Gasteiger partial charge on any atom is -0.494 e. The summed E-state index contributed by atoms with van der Waals surface area (Å²) in [7, 11) is 0. The lowest BCUT2D eigenvalue weighted by Crippen LogP contribution is -2.07. The molecule has 0 spiro atoms. The van der Waals surface area contributed by atoms with Crippen molar-refractivity contribution in [2.75, 3.05) is 23.4 Å².